The first kappa shape index (κ1) is 14.1. The molecule has 5 nitrogen and oxygen atoms in total. The monoisotopic (exact) mass is 340 g/mol. The molecule has 3 heterocycles. The Balaban J connectivity index is 1.76. The SMILES string of the molecule is Cc1nn(C)c(CN2CC3(CCNCC3)CC2=O)c1Br. The smallest absolute Gasteiger partial charge is 0.223 e. The van der Waals surface area contributed by atoms with Crippen molar-refractivity contribution in [2.24, 2.45) is 12.5 Å². The van der Waals surface area contributed by atoms with Crippen LogP contribution in [0.2, 0.25) is 0 Å². The van der Waals surface area contributed by atoms with E-state index in [1.165, 1.54) is 0 Å². The second-order valence-corrected chi connectivity index (χ2v) is 6.94. The summed E-state index contributed by atoms with van der Waals surface area (Å²) < 4.78 is 2.90. The summed E-state index contributed by atoms with van der Waals surface area (Å²) in [4.78, 5) is 14.3. The van der Waals surface area contributed by atoms with Gasteiger partial charge < -0.3 is 10.2 Å². The maximum Gasteiger partial charge on any atom is 0.223 e. The van der Waals surface area contributed by atoms with Crippen molar-refractivity contribution in [1.29, 1.82) is 0 Å². The largest absolute Gasteiger partial charge is 0.336 e. The molecule has 0 radical (unpaired) electrons. The molecule has 1 aromatic rings. The molecule has 6 heteroatoms. The van der Waals surface area contributed by atoms with E-state index >= 15 is 0 Å². The highest BCUT2D eigenvalue weighted by Gasteiger charge is 2.43. The van der Waals surface area contributed by atoms with E-state index in [2.05, 4.69) is 26.3 Å². The minimum absolute atomic E-state index is 0.211. The standard InChI is InChI=1S/C14H21BrN4O/c1-10-13(15)11(18(2)17-10)8-19-9-14(7-12(19)20)3-5-16-6-4-14/h16H,3-9H2,1-2H3. The summed E-state index contributed by atoms with van der Waals surface area (Å²) in [6, 6.07) is 0. The van der Waals surface area contributed by atoms with E-state index in [1.54, 1.807) is 0 Å². The number of likely N-dealkylation sites (tertiary alicyclic amines) is 1. The number of nitrogens with zero attached hydrogens (tertiary/aromatic N) is 3. The number of hydrogen-bond donors (Lipinski definition) is 1. The van der Waals surface area contributed by atoms with Gasteiger partial charge in [0.25, 0.3) is 0 Å². The fourth-order valence-electron chi connectivity index (χ4n) is 3.45. The molecule has 0 unspecified atom stereocenters. The summed E-state index contributed by atoms with van der Waals surface area (Å²) in [5.74, 6) is 0.289. The zero-order chi connectivity index (χ0) is 14.3. The van der Waals surface area contributed by atoms with Crippen LogP contribution >= 0.6 is 15.9 Å². The molecule has 3 rings (SSSR count). The first-order valence-corrected chi connectivity index (χ1v) is 7.97. The fraction of sp³-hybridized carbons (Fsp3) is 0.714. The van der Waals surface area contributed by atoms with E-state index in [1.807, 2.05) is 23.6 Å². The van der Waals surface area contributed by atoms with E-state index in [0.29, 0.717) is 13.0 Å². The number of carbonyl (C=O) groups is 1. The van der Waals surface area contributed by atoms with Crippen LogP contribution in [0.5, 0.6) is 0 Å². The third kappa shape index (κ3) is 2.39. The number of aromatic nitrogens is 2. The highest BCUT2D eigenvalue weighted by Crippen LogP contribution is 2.40. The van der Waals surface area contributed by atoms with Crippen molar-refractivity contribution < 1.29 is 4.79 Å². The molecule has 2 aliphatic heterocycles. The minimum Gasteiger partial charge on any atom is -0.336 e. The van der Waals surface area contributed by atoms with Crippen LogP contribution in [-0.2, 0) is 18.4 Å². The van der Waals surface area contributed by atoms with Crippen LogP contribution in [0, 0.1) is 12.3 Å². The van der Waals surface area contributed by atoms with Gasteiger partial charge in [-0.25, -0.2) is 0 Å². The molecular weight excluding hydrogens is 320 g/mol. The maximum absolute atomic E-state index is 12.3. The van der Waals surface area contributed by atoms with Gasteiger partial charge in [-0.2, -0.15) is 5.10 Å². The second-order valence-electron chi connectivity index (χ2n) is 6.15. The van der Waals surface area contributed by atoms with Crippen LogP contribution in [0.4, 0.5) is 0 Å². The molecule has 0 aliphatic carbocycles. The normalized spacial score (nSPS) is 21.9. The summed E-state index contributed by atoms with van der Waals surface area (Å²) in [5, 5.41) is 7.79. The zero-order valence-electron chi connectivity index (χ0n) is 12.1. The summed E-state index contributed by atoms with van der Waals surface area (Å²) in [5.41, 5.74) is 2.27. The van der Waals surface area contributed by atoms with Crippen molar-refractivity contribution in [3.05, 3.63) is 15.9 Å². The molecule has 2 saturated heterocycles. The summed E-state index contributed by atoms with van der Waals surface area (Å²) in [6.45, 7) is 5.61. The first-order chi connectivity index (χ1) is 9.51. The van der Waals surface area contributed by atoms with Crippen molar-refractivity contribution in [3.8, 4) is 0 Å². The van der Waals surface area contributed by atoms with Crippen LogP contribution in [0.3, 0.4) is 0 Å². The van der Waals surface area contributed by atoms with Gasteiger partial charge in [-0.3, -0.25) is 9.48 Å². The number of hydrogen-bond acceptors (Lipinski definition) is 3. The Bertz CT molecular complexity index is 534. The van der Waals surface area contributed by atoms with Gasteiger partial charge >= 0.3 is 0 Å². The lowest BCUT2D eigenvalue weighted by Crippen LogP contribution is -2.38. The lowest BCUT2D eigenvalue weighted by molar-refractivity contribution is -0.128. The number of nitrogens with one attached hydrogen (secondary N) is 1. The van der Waals surface area contributed by atoms with Crippen LogP contribution in [-0.4, -0.2) is 40.2 Å². The predicted molar refractivity (Wildman–Crippen MR) is 80.2 cm³/mol. The Morgan fingerprint density at radius 3 is 2.70 bits per heavy atom. The van der Waals surface area contributed by atoms with Gasteiger partial charge in [-0.1, -0.05) is 0 Å². The molecule has 0 atom stereocenters. The second kappa shape index (κ2) is 5.15. The number of carbonyl (C=O) groups excluding carboxylic acids is 1. The number of aryl methyl sites for hydroxylation is 2. The van der Waals surface area contributed by atoms with Gasteiger partial charge in [0.15, 0.2) is 0 Å². The number of amides is 1. The van der Waals surface area contributed by atoms with Gasteiger partial charge in [0.05, 0.1) is 22.4 Å². The molecule has 1 aromatic heterocycles. The van der Waals surface area contributed by atoms with Gasteiger partial charge in [-0.05, 0) is 54.2 Å². The maximum atomic E-state index is 12.3. The minimum atomic E-state index is 0.211. The molecule has 2 fully saturated rings. The summed E-state index contributed by atoms with van der Waals surface area (Å²) in [6.07, 6.45) is 2.94. The summed E-state index contributed by atoms with van der Waals surface area (Å²) >= 11 is 3.58. The van der Waals surface area contributed by atoms with Crippen molar-refractivity contribution in [2.75, 3.05) is 19.6 Å². The highest BCUT2D eigenvalue weighted by molar-refractivity contribution is 9.10. The average Bonchev–Trinajstić information content (AvgIpc) is 2.83. The van der Waals surface area contributed by atoms with Crippen molar-refractivity contribution in [1.82, 2.24) is 20.0 Å². The van der Waals surface area contributed by atoms with Crippen molar-refractivity contribution in [2.45, 2.75) is 32.7 Å². The van der Waals surface area contributed by atoms with E-state index < -0.39 is 0 Å². The molecule has 0 saturated carbocycles. The Hall–Kier alpha value is -0.880. The van der Waals surface area contributed by atoms with E-state index in [9.17, 15) is 4.79 Å². The molecule has 110 valence electrons. The molecule has 0 aromatic carbocycles. The quantitative estimate of drug-likeness (QED) is 0.889. The first-order valence-electron chi connectivity index (χ1n) is 7.17. The predicted octanol–water partition coefficient (Wildman–Crippen LogP) is 1.59. The van der Waals surface area contributed by atoms with E-state index in [0.717, 1.165) is 48.3 Å². The number of halogens is 1. The van der Waals surface area contributed by atoms with Gasteiger partial charge in [0.1, 0.15) is 0 Å². The fourth-order valence-corrected chi connectivity index (χ4v) is 3.91. The molecule has 20 heavy (non-hydrogen) atoms. The van der Waals surface area contributed by atoms with Crippen LogP contribution in [0.15, 0.2) is 4.47 Å². The molecule has 1 spiro atoms. The molecular formula is C14H21BrN4O. The average molecular weight is 341 g/mol. The van der Waals surface area contributed by atoms with Crippen LogP contribution in [0.1, 0.15) is 30.7 Å². The molecule has 1 N–H and O–H groups in total. The van der Waals surface area contributed by atoms with Crippen molar-refractivity contribution in [3.63, 3.8) is 0 Å². The number of piperidine rings is 1. The van der Waals surface area contributed by atoms with Gasteiger partial charge in [-0.15, -0.1) is 0 Å². The number of rotatable bonds is 2. The zero-order valence-corrected chi connectivity index (χ0v) is 13.7. The Kier molecular flexibility index (Phi) is 3.62. The third-order valence-corrected chi connectivity index (χ3v) is 5.70. The van der Waals surface area contributed by atoms with E-state index in [4.69, 9.17) is 0 Å². The van der Waals surface area contributed by atoms with Crippen molar-refractivity contribution >= 4 is 21.8 Å². The Morgan fingerprint density at radius 1 is 1.40 bits per heavy atom. The lowest BCUT2D eigenvalue weighted by atomic mass is 9.78. The Morgan fingerprint density at radius 2 is 2.10 bits per heavy atom. The van der Waals surface area contributed by atoms with Crippen LogP contribution in [0.25, 0.3) is 0 Å². The topological polar surface area (TPSA) is 50.2 Å². The lowest BCUT2D eigenvalue weighted by Gasteiger charge is -2.33. The van der Waals surface area contributed by atoms with Crippen LogP contribution < -0.4 is 5.32 Å². The Labute approximate surface area is 127 Å². The molecule has 2 aliphatic rings. The molecule has 0 bridgehead atoms. The van der Waals surface area contributed by atoms with Gasteiger partial charge in [0, 0.05) is 20.0 Å². The van der Waals surface area contributed by atoms with E-state index in [-0.39, 0.29) is 11.3 Å². The molecule has 1 amide bonds. The third-order valence-electron chi connectivity index (χ3n) is 4.67. The highest BCUT2D eigenvalue weighted by atomic mass is 79.9. The summed E-state index contributed by atoms with van der Waals surface area (Å²) in [7, 11) is 1.94. The van der Waals surface area contributed by atoms with Gasteiger partial charge in [0.2, 0.25) is 5.91 Å².